The minimum absolute atomic E-state index is 0.0613. The molecule has 0 radical (unpaired) electrons. The molecule has 9 heteroatoms. The molecule has 32 heavy (non-hydrogen) atoms. The van der Waals surface area contributed by atoms with E-state index in [1.165, 1.54) is 4.90 Å². The largest absolute Gasteiger partial charge is 0.480 e. The molecule has 2 rings (SSSR count). The molecule has 9 nitrogen and oxygen atoms in total. The van der Waals surface area contributed by atoms with Gasteiger partial charge in [0.15, 0.2) is 0 Å². The van der Waals surface area contributed by atoms with Gasteiger partial charge in [-0.3, -0.25) is 14.5 Å². The molecule has 0 bridgehead atoms. The Balaban J connectivity index is 2.34. The first kappa shape index (κ1) is 25.2. The molecule has 1 aromatic rings. The van der Waals surface area contributed by atoms with Gasteiger partial charge in [-0.2, -0.15) is 0 Å². The third-order valence-corrected chi connectivity index (χ3v) is 5.37. The highest BCUT2D eigenvalue weighted by Crippen LogP contribution is 2.34. The molecule has 0 saturated carbocycles. The lowest BCUT2D eigenvalue weighted by molar-refractivity contribution is -0.143. The third-order valence-electron chi connectivity index (χ3n) is 5.37. The summed E-state index contributed by atoms with van der Waals surface area (Å²) in [5, 5.41) is 17.5. The summed E-state index contributed by atoms with van der Waals surface area (Å²) < 4.78 is 0. The average Bonchev–Trinajstić information content (AvgIpc) is 2.68. The quantitative estimate of drug-likeness (QED) is 0.488. The van der Waals surface area contributed by atoms with Gasteiger partial charge in [0.1, 0.15) is 18.1 Å². The molecule has 0 spiro atoms. The van der Waals surface area contributed by atoms with Gasteiger partial charge in [0, 0.05) is 0 Å². The van der Waals surface area contributed by atoms with Crippen LogP contribution in [-0.4, -0.2) is 47.0 Å². The number of amides is 4. The Hall–Kier alpha value is -3.10. The summed E-state index contributed by atoms with van der Waals surface area (Å²) in [6.45, 7) is 10.9. The van der Waals surface area contributed by atoms with Gasteiger partial charge in [0.2, 0.25) is 11.8 Å². The van der Waals surface area contributed by atoms with E-state index >= 15 is 0 Å². The van der Waals surface area contributed by atoms with E-state index in [4.69, 9.17) is 0 Å². The number of rotatable bonds is 8. The Morgan fingerprint density at radius 1 is 1.06 bits per heavy atom. The highest BCUT2D eigenvalue weighted by atomic mass is 16.4. The monoisotopic (exact) mass is 446 g/mol. The molecule has 0 aliphatic carbocycles. The van der Waals surface area contributed by atoms with Crippen LogP contribution in [0.15, 0.2) is 24.3 Å². The van der Waals surface area contributed by atoms with Crippen molar-refractivity contribution in [3.8, 4) is 0 Å². The summed E-state index contributed by atoms with van der Waals surface area (Å²) in [5.41, 5.74) is 1.05. The van der Waals surface area contributed by atoms with Gasteiger partial charge in [-0.25, -0.2) is 9.59 Å². The number of urea groups is 1. The van der Waals surface area contributed by atoms with Crippen LogP contribution in [0.2, 0.25) is 0 Å². The second kappa shape index (κ2) is 10.5. The van der Waals surface area contributed by atoms with Crippen molar-refractivity contribution in [3.05, 3.63) is 24.3 Å². The fourth-order valence-corrected chi connectivity index (χ4v) is 3.79. The normalized spacial score (nSPS) is 17.6. The van der Waals surface area contributed by atoms with Gasteiger partial charge >= 0.3 is 12.0 Å². The molecule has 3 atom stereocenters. The predicted octanol–water partition coefficient (Wildman–Crippen LogP) is 2.82. The van der Waals surface area contributed by atoms with Gasteiger partial charge in [-0.15, -0.1) is 0 Å². The lowest BCUT2D eigenvalue weighted by atomic mass is 9.97. The lowest BCUT2D eigenvalue weighted by Gasteiger charge is -2.39. The number of para-hydroxylation sites is 2. The van der Waals surface area contributed by atoms with Crippen molar-refractivity contribution in [2.75, 3.05) is 10.2 Å². The summed E-state index contributed by atoms with van der Waals surface area (Å²) in [5.74, 6) is -2.44. The Labute approximate surface area is 188 Å². The average molecular weight is 447 g/mol. The Morgan fingerprint density at radius 3 is 2.22 bits per heavy atom. The van der Waals surface area contributed by atoms with E-state index in [0.29, 0.717) is 17.8 Å². The molecule has 4 N–H and O–H groups in total. The number of carboxylic acids is 1. The van der Waals surface area contributed by atoms with Crippen molar-refractivity contribution in [2.45, 2.75) is 66.1 Å². The number of hydrogen-bond acceptors (Lipinski definition) is 4. The van der Waals surface area contributed by atoms with E-state index in [9.17, 15) is 24.3 Å². The molecule has 4 amide bonds. The van der Waals surface area contributed by atoms with Crippen LogP contribution in [0.25, 0.3) is 0 Å². The van der Waals surface area contributed by atoms with Crippen molar-refractivity contribution < 1.29 is 24.3 Å². The number of anilines is 2. The van der Waals surface area contributed by atoms with Gasteiger partial charge < -0.3 is 21.1 Å². The number of benzene rings is 1. The smallest absolute Gasteiger partial charge is 0.326 e. The van der Waals surface area contributed by atoms with Gasteiger partial charge in [0.25, 0.3) is 0 Å². The van der Waals surface area contributed by atoms with Crippen LogP contribution >= 0.6 is 0 Å². The first-order chi connectivity index (χ1) is 14.9. The van der Waals surface area contributed by atoms with Crippen LogP contribution in [-0.2, 0) is 14.4 Å². The molecule has 1 aliphatic heterocycles. The van der Waals surface area contributed by atoms with Gasteiger partial charge in [-0.1, -0.05) is 53.7 Å². The maximum atomic E-state index is 13.4. The van der Waals surface area contributed by atoms with E-state index in [-0.39, 0.29) is 23.7 Å². The fraction of sp³-hybridized carbons (Fsp3) is 0.565. The highest BCUT2D eigenvalue weighted by molar-refractivity contribution is 6.12. The standard InChI is InChI=1S/C23H34N4O5/c1-12(2)11-16(20(28)26-18(13(3)4)22(30)31)25-23(32)27-17-10-8-7-9-15(17)24-21(29)19(27)14(5)6/h7-10,12-14,16,18-19H,11H2,1-6H3,(H,24,29)(H,25,32)(H,26,28)(H,30,31). The van der Waals surface area contributed by atoms with Crippen LogP contribution in [0.4, 0.5) is 16.2 Å². The predicted molar refractivity (Wildman–Crippen MR) is 122 cm³/mol. The molecule has 1 aliphatic rings. The summed E-state index contributed by atoms with van der Waals surface area (Å²) in [4.78, 5) is 52.0. The Bertz CT molecular complexity index is 868. The number of carbonyl (C=O) groups excluding carboxylic acids is 3. The Morgan fingerprint density at radius 2 is 1.69 bits per heavy atom. The number of nitrogens with zero attached hydrogens (tertiary/aromatic N) is 1. The van der Waals surface area contributed by atoms with Crippen LogP contribution in [0.3, 0.4) is 0 Å². The highest BCUT2D eigenvalue weighted by Gasteiger charge is 2.40. The molecule has 0 aromatic heterocycles. The number of hydrogen-bond donors (Lipinski definition) is 4. The van der Waals surface area contributed by atoms with E-state index < -0.39 is 36.0 Å². The molecular weight excluding hydrogens is 412 g/mol. The molecule has 3 unspecified atom stereocenters. The first-order valence-electron chi connectivity index (χ1n) is 11.0. The van der Waals surface area contributed by atoms with Crippen molar-refractivity contribution in [1.29, 1.82) is 0 Å². The van der Waals surface area contributed by atoms with Crippen molar-refractivity contribution in [2.24, 2.45) is 17.8 Å². The zero-order valence-electron chi connectivity index (χ0n) is 19.5. The molecule has 0 saturated heterocycles. The molecular formula is C23H34N4O5. The second-order valence-corrected chi connectivity index (χ2v) is 9.27. The van der Waals surface area contributed by atoms with Crippen molar-refractivity contribution in [3.63, 3.8) is 0 Å². The van der Waals surface area contributed by atoms with Crippen LogP contribution < -0.4 is 20.9 Å². The Kier molecular flexibility index (Phi) is 8.24. The molecule has 1 aromatic carbocycles. The SMILES string of the molecule is CC(C)CC(NC(=O)N1c2ccccc2NC(=O)C1C(C)C)C(=O)NC(C(=O)O)C(C)C. The number of fused-ring (bicyclic) bond motifs is 1. The van der Waals surface area contributed by atoms with Crippen LogP contribution in [0.1, 0.15) is 48.0 Å². The zero-order chi connectivity index (χ0) is 24.2. The van der Waals surface area contributed by atoms with E-state index in [1.807, 2.05) is 27.7 Å². The summed E-state index contributed by atoms with van der Waals surface area (Å²) in [7, 11) is 0. The minimum Gasteiger partial charge on any atom is -0.480 e. The minimum atomic E-state index is -1.13. The topological polar surface area (TPSA) is 128 Å². The lowest BCUT2D eigenvalue weighted by Crippen LogP contribution is -2.60. The van der Waals surface area contributed by atoms with E-state index in [1.54, 1.807) is 38.1 Å². The maximum Gasteiger partial charge on any atom is 0.326 e. The second-order valence-electron chi connectivity index (χ2n) is 9.27. The van der Waals surface area contributed by atoms with Crippen LogP contribution in [0.5, 0.6) is 0 Å². The molecule has 176 valence electrons. The van der Waals surface area contributed by atoms with Gasteiger partial charge in [0.05, 0.1) is 11.4 Å². The maximum absolute atomic E-state index is 13.4. The number of nitrogens with one attached hydrogen (secondary N) is 3. The summed E-state index contributed by atoms with van der Waals surface area (Å²) >= 11 is 0. The number of carboxylic acid groups (broad SMARTS) is 1. The molecule has 1 heterocycles. The van der Waals surface area contributed by atoms with Crippen LogP contribution in [0, 0.1) is 17.8 Å². The first-order valence-corrected chi connectivity index (χ1v) is 11.0. The molecule has 0 fully saturated rings. The van der Waals surface area contributed by atoms with E-state index in [2.05, 4.69) is 16.0 Å². The fourth-order valence-electron chi connectivity index (χ4n) is 3.79. The zero-order valence-corrected chi connectivity index (χ0v) is 19.5. The number of carbonyl (C=O) groups is 4. The van der Waals surface area contributed by atoms with Crippen molar-refractivity contribution in [1.82, 2.24) is 10.6 Å². The summed E-state index contributed by atoms with van der Waals surface area (Å²) in [6.07, 6.45) is 0.316. The summed E-state index contributed by atoms with van der Waals surface area (Å²) in [6, 6.07) is 3.62. The van der Waals surface area contributed by atoms with Crippen molar-refractivity contribution >= 4 is 35.2 Å². The third kappa shape index (κ3) is 5.77. The van der Waals surface area contributed by atoms with E-state index in [0.717, 1.165) is 0 Å². The number of aliphatic carboxylic acids is 1. The van der Waals surface area contributed by atoms with Gasteiger partial charge in [-0.05, 0) is 36.3 Å².